The standard InChI is InChI=1S/C22H28FN3O4S/c1-4-30-19-11-9-18(10-12-19)26(31(3,28)29)17(2)22(27)25-15-13-24(14-16-25)21-8-6-5-7-20(21)23/h5-12,17H,4,13-16H2,1-3H3/t17-/m1/s1. The van der Waals surface area contributed by atoms with Crippen LogP contribution in [0.2, 0.25) is 0 Å². The number of carbonyl (C=O) groups is 1. The molecule has 1 saturated heterocycles. The number of para-hydroxylation sites is 1. The molecule has 2 aromatic rings. The Kier molecular flexibility index (Phi) is 7.04. The lowest BCUT2D eigenvalue weighted by atomic mass is 10.2. The van der Waals surface area contributed by atoms with E-state index in [1.165, 1.54) is 6.07 Å². The molecule has 0 unspecified atom stereocenters. The van der Waals surface area contributed by atoms with Crippen molar-refractivity contribution in [3.05, 3.63) is 54.3 Å². The van der Waals surface area contributed by atoms with Gasteiger partial charge in [-0.1, -0.05) is 12.1 Å². The second kappa shape index (κ2) is 9.55. The van der Waals surface area contributed by atoms with Crippen molar-refractivity contribution < 1.29 is 22.3 Å². The minimum atomic E-state index is -3.70. The molecule has 0 radical (unpaired) electrons. The fourth-order valence-electron chi connectivity index (χ4n) is 3.80. The molecule has 1 amide bonds. The molecule has 1 fully saturated rings. The van der Waals surface area contributed by atoms with E-state index in [0.29, 0.717) is 49.9 Å². The van der Waals surface area contributed by atoms with Crippen LogP contribution in [0.1, 0.15) is 13.8 Å². The van der Waals surface area contributed by atoms with Gasteiger partial charge in [-0.2, -0.15) is 0 Å². The van der Waals surface area contributed by atoms with Crippen molar-refractivity contribution in [2.75, 3.05) is 48.2 Å². The van der Waals surface area contributed by atoms with Crippen LogP contribution in [0.25, 0.3) is 0 Å². The van der Waals surface area contributed by atoms with Crippen molar-refractivity contribution in [1.29, 1.82) is 0 Å². The topological polar surface area (TPSA) is 70.2 Å². The van der Waals surface area contributed by atoms with Gasteiger partial charge in [-0.3, -0.25) is 9.10 Å². The van der Waals surface area contributed by atoms with Crippen molar-refractivity contribution in [2.24, 2.45) is 0 Å². The third-order valence-electron chi connectivity index (χ3n) is 5.25. The van der Waals surface area contributed by atoms with E-state index in [4.69, 9.17) is 4.74 Å². The smallest absolute Gasteiger partial charge is 0.246 e. The van der Waals surface area contributed by atoms with Crippen molar-refractivity contribution in [3.8, 4) is 5.75 Å². The number of hydrogen-bond donors (Lipinski definition) is 0. The Hall–Kier alpha value is -2.81. The third-order valence-corrected chi connectivity index (χ3v) is 6.49. The fourth-order valence-corrected chi connectivity index (χ4v) is 4.97. The molecule has 0 N–H and O–H groups in total. The van der Waals surface area contributed by atoms with Crippen LogP contribution >= 0.6 is 0 Å². The molecule has 0 aromatic heterocycles. The number of piperazine rings is 1. The summed E-state index contributed by atoms with van der Waals surface area (Å²) >= 11 is 0. The summed E-state index contributed by atoms with van der Waals surface area (Å²) in [5.41, 5.74) is 0.909. The highest BCUT2D eigenvalue weighted by Gasteiger charge is 2.33. The summed E-state index contributed by atoms with van der Waals surface area (Å²) in [4.78, 5) is 16.7. The first-order valence-electron chi connectivity index (χ1n) is 10.2. The lowest BCUT2D eigenvalue weighted by Gasteiger charge is -2.39. The number of benzene rings is 2. The van der Waals surface area contributed by atoms with Crippen LogP contribution in [0.3, 0.4) is 0 Å². The van der Waals surface area contributed by atoms with Gasteiger partial charge in [0, 0.05) is 26.2 Å². The number of hydrogen-bond acceptors (Lipinski definition) is 5. The number of amides is 1. The number of sulfonamides is 1. The van der Waals surface area contributed by atoms with Crippen molar-refractivity contribution in [3.63, 3.8) is 0 Å². The summed E-state index contributed by atoms with van der Waals surface area (Å²) in [6.45, 7) is 5.68. The first-order valence-corrected chi connectivity index (χ1v) is 12.1. The minimum absolute atomic E-state index is 0.285. The molecule has 168 valence electrons. The molecule has 1 heterocycles. The first kappa shape index (κ1) is 22.9. The Balaban J connectivity index is 1.73. The predicted molar refractivity (Wildman–Crippen MR) is 120 cm³/mol. The van der Waals surface area contributed by atoms with E-state index in [1.54, 1.807) is 54.3 Å². The summed E-state index contributed by atoms with van der Waals surface area (Å²) < 4.78 is 45.6. The quantitative estimate of drug-likeness (QED) is 0.650. The van der Waals surface area contributed by atoms with Crippen molar-refractivity contribution in [1.82, 2.24) is 4.90 Å². The minimum Gasteiger partial charge on any atom is -0.494 e. The zero-order valence-electron chi connectivity index (χ0n) is 18.0. The molecule has 0 aliphatic carbocycles. The average molecular weight is 450 g/mol. The summed E-state index contributed by atoms with van der Waals surface area (Å²) in [5.74, 6) is 0.0461. The van der Waals surface area contributed by atoms with Gasteiger partial charge in [-0.15, -0.1) is 0 Å². The second-order valence-electron chi connectivity index (χ2n) is 7.43. The number of anilines is 2. The molecular weight excluding hydrogens is 421 g/mol. The molecule has 7 nitrogen and oxygen atoms in total. The third kappa shape index (κ3) is 5.28. The van der Waals surface area contributed by atoms with Gasteiger partial charge in [0.15, 0.2) is 0 Å². The maximum absolute atomic E-state index is 14.1. The van der Waals surface area contributed by atoms with E-state index in [1.807, 2.05) is 11.8 Å². The Morgan fingerprint density at radius 1 is 1.10 bits per heavy atom. The van der Waals surface area contributed by atoms with Crippen molar-refractivity contribution >= 4 is 27.3 Å². The number of halogens is 1. The van der Waals surface area contributed by atoms with E-state index < -0.39 is 16.1 Å². The van der Waals surface area contributed by atoms with Crippen LogP contribution < -0.4 is 13.9 Å². The largest absolute Gasteiger partial charge is 0.494 e. The number of ether oxygens (including phenoxy) is 1. The van der Waals surface area contributed by atoms with Gasteiger partial charge >= 0.3 is 0 Å². The molecule has 9 heteroatoms. The Bertz CT molecular complexity index is 1010. The molecule has 1 atom stereocenters. The van der Waals surface area contributed by atoms with Gasteiger partial charge in [0.1, 0.15) is 17.6 Å². The predicted octanol–water partition coefficient (Wildman–Crippen LogP) is 2.73. The highest BCUT2D eigenvalue weighted by Crippen LogP contribution is 2.26. The summed E-state index contributed by atoms with van der Waals surface area (Å²) in [5, 5.41) is 0. The zero-order chi connectivity index (χ0) is 22.6. The molecule has 0 saturated carbocycles. The normalized spacial score (nSPS) is 15.5. The van der Waals surface area contributed by atoms with Gasteiger partial charge in [0.2, 0.25) is 15.9 Å². The lowest BCUT2D eigenvalue weighted by Crippen LogP contribution is -2.55. The van der Waals surface area contributed by atoms with Crippen LogP contribution in [0.15, 0.2) is 48.5 Å². The number of nitrogens with zero attached hydrogens (tertiary/aromatic N) is 3. The van der Waals surface area contributed by atoms with Gasteiger partial charge in [0.25, 0.3) is 0 Å². The highest BCUT2D eigenvalue weighted by molar-refractivity contribution is 7.92. The lowest BCUT2D eigenvalue weighted by molar-refractivity contribution is -0.132. The molecule has 1 aliphatic rings. The summed E-state index contributed by atoms with van der Waals surface area (Å²) in [7, 11) is -3.70. The SMILES string of the molecule is CCOc1ccc(N([C@H](C)C(=O)N2CCN(c3ccccc3F)CC2)S(C)(=O)=O)cc1. The fraction of sp³-hybridized carbons (Fsp3) is 0.409. The molecular formula is C22H28FN3O4S. The molecule has 31 heavy (non-hydrogen) atoms. The van der Waals surface area contributed by atoms with Gasteiger partial charge in [-0.25, -0.2) is 12.8 Å². The number of rotatable bonds is 7. The van der Waals surface area contributed by atoms with Crippen molar-refractivity contribution in [2.45, 2.75) is 19.9 Å². The van der Waals surface area contributed by atoms with E-state index in [9.17, 15) is 17.6 Å². The van der Waals surface area contributed by atoms with Crippen LogP contribution in [0.5, 0.6) is 5.75 Å². The summed E-state index contributed by atoms with van der Waals surface area (Å²) in [6.07, 6.45) is 1.09. The van der Waals surface area contributed by atoms with E-state index in [2.05, 4.69) is 0 Å². The molecule has 0 bridgehead atoms. The maximum Gasteiger partial charge on any atom is 0.246 e. The molecule has 1 aliphatic heterocycles. The average Bonchev–Trinajstić information content (AvgIpc) is 2.74. The Morgan fingerprint density at radius 3 is 2.26 bits per heavy atom. The zero-order valence-corrected chi connectivity index (χ0v) is 18.8. The summed E-state index contributed by atoms with van der Waals surface area (Å²) in [6, 6.07) is 12.3. The van der Waals surface area contributed by atoms with E-state index in [-0.39, 0.29) is 11.7 Å². The number of carbonyl (C=O) groups excluding carboxylic acids is 1. The van der Waals surface area contributed by atoms with E-state index >= 15 is 0 Å². The van der Waals surface area contributed by atoms with Gasteiger partial charge < -0.3 is 14.5 Å². The Labute approximate surface area is 183 Å². The first-order chi connectivity index (χ1) is 14.7. The van der Waals surface area contributed by atoms with E-state index in [0.717, 1.165) is 10.6 Å². The van der Waals surface area contributed by atoms with Crippen LogP contribution in [0.4, 0.5) is 15.8 Å². The van der Waals surface area contributed by atoms with Gasteiger partial charge in [0.05, 0.1) is 24.2 Å². The van der Waals surface area contributed by atoms with Gasteiger partial charge in [-0.05, 0) is 50.2 Å². The maximum atomic E-state index is 14.1. The second-order valence-corrected chi connectivity index (χ2v) is 9.28. The monoisotopic (exact) mass is 449 g/mol. The molecule has 0 spiro atoms. The molecule has 2 aromatic carbocycles. The Morgan fingerprint density at radius 2 is 1.71 bits per heavy atom. The molecule has 3 rings (SSSR count). The van der Waals surface area contributed by atoms with Crippen LogP contribution in [-0.4, -0.2) is 64.3 Å². The highest BCUT2D eigenvalue weighted by atomic mass is 32.2. The van der Waals surface area contributed by atoms with Crippen LogP contribution in [0, 0.1) is 5.82 Å². The van der Waals surface area contributed by atoms with Crippen LogP contribution in [-0.2, 0) is 14.8 Å².